The minimum atomic E-state index is 0.206. The minimum absolute atomic E-state index is 0.206. The molecule has 1 heterocycles. The van der Waals surface area contributed by atoms with E-state index in [1.807, 2.05) is 5.38 Å². The van der Waals surface area contributed by atoms with Crippen LogP contribution >= 0.6 is 27.3 Å². The Kier molecular flexibility index (Phi) is 2.36. The van der Waals surface area contributed by atoms with E-state index in [1.165, 1.54) is 12.8 Å². The molecule has 1 fully saturated rings. The molecular formula is C9H13BrN2S. The van der Waals surface area contributed by atoms with E-state index in [-0.39, 0.29) is 5.54 Å². The molecule has 0 aromatic carbocycles. The van der Waals surface area contributed by atoms with Crippen molar-refractivity contribution in [2.75, 3.05) is 5.32 Å². The number of anilines is 1. The fourth-order valence-electron chi connectivity index (χ4n) is 1.49. The third kappa shape index (κ3) is 2.23. The fourth-order valence-corrected chi connectivity index (χ4v) is 2.80. The predicted octanol–water partition coefficient (Wildman–Crippen LogP) is 3.51. The molecule has 0 unspecified atom stereocenters. The molecular weight excluding hydrogens is 248 g/mol. The van der Waals surface area contributed by atoms with Gasteiger partial charge in [-0.25, -0.2) is 4.98 Å². The molecule has 0 atom stereocenters. The van der Waals surface area contributed by atoms with E-state index in [0.717, 1.165) is 15.7 Å². The normalized spacial score (nSPS) is 17.5. The van der Waals surface area contributed by atoms with Crippen LogP contribution in [0.4, 0.5) is 5.13 Å². The molecule has 0 saturated heterocycles. The van der Waals surface area contributed by atoms with Crippen molar-refractivity contribution in [3.05, 3.63) is 9.98 Å². The van der Waals surface area contributed by atoms with Crippen molar-refractivity contribution in [1.29, 1.82) is 0 Å². The van der Waals surface area contributed by atoms with Crippen LogP contribution in [-0.4, -0.2) is 10.5 Å². The summed E-state index contributed by atoms with van der Waals surface area (Å²) in [6, 6.07) is 0. The van der Waals surface area contributed by atoms with E-state index in [2.05, 4.69) is 40.1 Å². The summed E-state index contributed by atoms with van der Waals surface area (Å²) in [5, 5.41) is 6.50. The van der Waals surface area contributed by atoms with Crippen molar-refractivity contribution in [1.82, 2.24) is 4.98 Å². The summed E-state index contributed by atoms with van der Waals surface area (Å²) in [5.41, 5.74) is 0.206. The average Bonchev–Trinajstić information content (AvgIpc) is 2.78. The summed E-state index contributed by atoms with van der Waals surface area (Å²) in [4.78, 5) is 4.33. The highest BCUT2D eigenvalue weighted by molar-refractivity contribution is 9.10. The molecule has 0 aliphatic heterocycles. The van der Waals surface area contributed by atoms with Crippen LogP contribution < -0.4 is 5.32 Å². The maximum Gasteiger partial charge on any atom is 0.184 e. The highest BCUT2D eigenvalue weighted by atomic mass is 79.9. The lowest BCUT2D eigenvalue weighted by molar-refractivity contribution is 0.494. The van der Waals surface area contributed by atoms with Crippen LogP contribution in [0.1, 0.15) is 26.7 Å². The minimum Gasteiger partial charge on any atom is -0.356 e. The summed E-state index contributed by atoms with van der Waals surface area (Å²) < 4.78 is 0.923. The lowest BCUT2D eigenvalue weighted by Crippen LogP contribution is -2.33. The number of thiazole rings is 1. The summed E-state index contributed by atoms with van der Waals surface area (Å²) >= 11 is 5.00. The second-order valence-electron chi connectivity index (χ2n) is 4.10. The van der Waals surface area contributed by atoms with Crippen molar-refractivity contribution < 1.29 is 0 Å². The zero-order valence-corrected chi connectivity index (χ0v) is 10.2. The van der Waals surface area contributed by atoms with Crippen LogP contribution in [0.5, 0.6) is 0 Å². The molecule has 1 aromatic heterocycles. The van der Waals surface area contributed by atoms with Crippen LogP contribution in [0.3, 0.4) is 0 Å². The second kappa shape index (κ2) is 3.24. The van der Waals surface area contributed by atoms with Crippen molar-refractivity contribution in [3.63, 3.8) is 0 Å². The van der Waals surface area contributed by atoms with Crippen LogP contribution in [-0.2, 0) is 0 Å². The van der Waals surface area contributed by atoms with Crippen LogP contribution in [0.25, 0.3) is 0 Å². The van der Waals surface area contributed by atoms with Gasteiger partial charge < -0.3 is 5.32 Å². The molecule has 0 amide bonds. The summed E-state index contributed by atoms with van der Waals surface area (Å²) in [5.74, 6) is 0.829. The first-order valence-electron chi connectivity index (χ1n) is 4.47. The molecule has 4 heteroatoms. The van der Waals surface area contributed by atoms with E-state index >= 15 is 0 Å². The maximum absolute atomic E-state index is 4.33. The monoisotopic (exact) mass is 260 g/mol. The van der Waals surface area contributed by atoms with Gasteiger partial charge in [0.05, 0.1) is 0 Å². The van der Waals surface area contributed by atoms with Gasteiger partial charge in [-0.3, -0.25) is 0 Å². The van der Waals surface area contributed by atoms with E-state index in [1.54, 1.807) is 11.3 Å². The largest absolute Gasteiger partial charge is 0.356 e. The quantitative estimate of drug-likeness (QED) is 0.900. The highest BCUT2D eigenvalue weighted by Gasteiger charge is 2.38. The number of nitrogens with zero attached hydrogens (tertiary/aromatic N) is 1. The Morgan fingerprint density at radius 1 is 1.62 bits per heavy atom. The van der Waals surface area contributed by atoms with Gasteiger partial charge in [0.15, 0.2) is 5.13 Å². The number of aromatic nitrogens is 1. The average molecular weight is 261 g/mol. The topological polar surface area (TPSA) is 24.9 Å². The molecule has 1 N–H and O–H groups in total. The number of hydrogen-bond acceptors (Lipinski definition) is 3. The molecule has 1 saturated carbocycles. The van der Waals surface area contributed by atoms with E-state index in [0.29, 0.717) is 0 Å². The highest BCUT2D eigenvalue weighted by Crippen LogP contribution is 2.41. The van der Waals surface area contributed by atoms with Crippen molar-refractivity contribution in [2.24, 2.45) is 5.92 Å². The van der Waals surface area contributed by atoms with Gasteiger partial charge in [0, 0.05) is 10.9 Å². The van der Waals surface area contributed by atoms with Gasteiger partial charge >= 0.3 is 0 Å². The molecule has 0 radical (unpaired) electrons. The zero-order valence-electron chi connectivity index (χ0n) is 7.80. The molecule has 1 aliphatic carbocycles. The Balaban J connectivity index is 2.04. The maximum atomic E-state index is 4.33. The van der Waals surface area contributed by atoms with Gasteiger partial charge in [0.2, 0.25) is 0 Å². The van der Waals surface area contributed by atoms with Gasteiger partial charge in [-0.15, -0.1) is 11.3 Å². The Morgan fingerprint density at radius 3 is 2.77 bits per heavy atom. The molecule has 1 aliphatic rings. The smallest absolute Gasteiger partial charge is 0.184 e. The third-order valence-electron chi connectivity index (χ3n) is 2.50. The van der Waals surface area contributed by atoms with E-state index in [4.69, 9.17) is 0 Å². The van der Waals surface area contributed by atoms with Crippen LogP contribution in [0.15, 0.2) is 9.98 Å². The molecule has 72 valence electrons. The number of rotatable bonds is 3. The second-order valence-corrected chi connectivity index (χ2v) is 5.77. The lowest BCUT2D eigenvalue weighted by atomic mass is 9.99. The lowest BCUT2D eigenvalue weighted by Gasteiger charge is -2.25. The SMILES string of the molecule is CC(C)(Nc1nc(Br)cs1)C1CC1. The fraction of sp³-hybridized carbons (Fsp3) is 0.667. The molecule has 0 spiro atoms. The van der Waals surface area contributed by atoms with Gasteiger partial charge in [-0.05, 0) is 48.5 Å². The van der Waals surface area contributed by atoms with Crippen molar-refractivity contribution in [3.8, 4) is 0 Å². The first kappa shape index (κ1) is 9.46. The van der Waals surface area contributed by atoms with E-state index in [9.17, 15) is 0 Å². The molecule has 1 aromatic rings. The van der Waals surface area contributed by atoms with Crippen LogP contribution in [0.2, 0.25) is 0 Å². The molecule has 2 nitrogen and oxygen atoms in total. The van der Waals surface area contributed by atoms with Gasteiger partial charge in [0.25, 0.3) is 0 Å². The zero-order chi connectivity index (χ0) is 9.47. The molecule has 13 heavy (non-hydrogen) atoms. The van der Waals surface area contributed by atoms with Gasteiger partial charge in [-0.2, -0.15) is 0 Å². The number of hydrogen-bond donors (Lipinski definition) is 1. The van der Waals surface area contributed by atoms with E-state index < -0.39 is 0 Å². The third-order valence-corrected chi connectivity index (χ3v) is 3.97. The first-order chi connectivity index (χ1) is 6.08. The van der Waals surface area contributed by atoms with Crippen molar-refractivity contribution >= 4 is 32.4 Å². The Bertz CT molecular complexity index is 304. The number of nitrogens with one attached hydrogen (secondary N) is 1. The van der Waals surface area contributed by atoms with Crippen LogP contribution in [0, 0.1) is 5.92 Å². The summed E-state index contributed by atoms with van der Waals surface area (Å²) in [6.45, 7) is 4.50. The van der Waals surface area contributed by atoms with Gasteiger partial charge in [-0.1, -0.05) is 0 Å². The first-order valence-corrected chi connectivity index (χ1v) is 6.14. The Hall–Kier alpha value is -0.0900. The summed E-state index contributed by atoms with van der Waals surface area (Å²) in [7, 11) is 0. The standard InChI is InChI=1S/C9H13BrN2S/c1-9(2,6-3-4-6)12-8-11-7(10)5-13-8/h5-6H,3-4H2,1-2H3,(H,11,12). The Labute approximate surface area is 90.9 Å². The Morgan fingerprint density at radius 2 is 2.31 bits per heavy atom. The molecule has 2 rings (SSSR count). The van der Waals surface area contributed by atoms with Gasteiger partial charge in [0.1, 0.15) is 4.60 Å². The van der Waals surface area contributed by atoms with Crippen molar-refractivity contribution in [2.45, 2.75) is 32.2 Å². The molecule has 0 bridgehead atoms. The predicted molar refractivity (Wildman–Crippen MR) is 60.2 cm³/mol. The number of halogens is 1. The summed E-state index contributed by atoms with van der Waals surface area (Å²) in [6.07, 6.45) is 2.71.